The number of aryl methyl sites for hydroxylation is 1. The summed E-state index contributed by atoms with van der Waals surface area (Å²) in [7, 11) is 0. The highest BCUT2D eigenvalue weighted by atomic mass is 16.3. The summed E-state index contributed by atoms with van der Waals surface area (Å²) >= 11 is 0. The molecule has 1 aromatic rings. The summed E-state index contributed by atoms with van der Waals surface area (Å²) in [6.45, 7) is 6.82. The maximum Gasteiger partial charge on any atom is 0.119 e. The Balaban J connectivity index is 2.58. The molecule has 1 aromatic carbocycles. The van der Waals surface area contributed by atoms with Gasteiger partial charge < -0.3 is 5.11 Å². The van der Waals surface area contributed by atoms with Crippen molar-refractivity contribution in [3.63, 3.8) is 0 Å². The minimum Gasteiger partial charge on any atom is -0.508 e. The Labute approximate surface area is 182 Å². The number of rotatable bonds is 19. The van der Waals surface area contributed by atoms with E-state index in [1.54, 1.807) is 0 Å². The van der Waals surface area contributed by atoms with Crippen molar-refractivity contribution in [2.24, 2.45) is 0 Å². The van der Waals surface area contributed by atoms with Gasteiger partial charge in [0, 0.05) is 0 Å². The molecule has 0 aliphatic carbocycles. The largest absolute Gasteiger partial charge is 0.508 e. The van der Waals surface area contributed by atoms with Crippen LogP contribution >= 0.6 is 0 Å². The van der Waals surface area contributed by atoms with Gasteiger partial charge in [-0.2, -0.15) is 0 Å². The van der Waals surface area contributed by atoms with Gasteiger partial charge in [-0.3, -0.25) is 0 Å². The number of phenolic OH excluding ortho intramolecular Hbond substituents is 1. The van der Waals surface area contributed by atoms with Crippen LogP contribution in [0.2, 0.25) is 0 Å². The fourth-order valence-corrected chi connectivity index (χ4v) is 4.44. The first kappa shape index (κ1) is 26.1. The predicted octanol–water partition coefficient (Wildman–Crippen LogP) is 9.32. The molecule has 0 amide bonds. The molecule has 0 atom stereocenters. The average Bonchev–Trinajstić information content (AvgIpc) is 2.73. The maximum absolute atomic E-state index is 10.5. The van der Waals surface area contributed by atoms with Gasteiger partial charge in [-0.15, -0.1) is 0 Å². The zero-order chi connectivity index (χ0) is 21.2. The number of unbranched alkanes of at least 4 members (excludes halogenated alkanes) is 13. The summed E-state index contributed by atoms with van der Waals surface area (Å²) in [5.74, 6) is 0.541. The molecule has 0 fully saturated rings. The van der Waals surface area contributed by atoms with Gasteiger partial charge in [0.25, 0.3) is 0 Å². The van der Waals surface area contributed by atoms with E-state index in [9.17, 15) is 5.11 Å². The summed E-state index contributed by atoms with van der Waals surface area (Å²) < 4.78 is 0. The fraction of sp³-hybridized carbons (Fsp3) is 0.786. The standard InChI is InChI=1S/C28H50O/c1-4-7-10-12-14-16-18-20-25-23-24-28(29)27(21-9-6-3)26(25)22-19-17-15-13-11-8-5-2/h23-24,29H,4-22H2,1-3H3. The molecule has 0 aliphatic heterocycles. The molecule has 0 aromatic heterocycles. The van der Waals surface area contributed by atoms with Gasteiger partial charge in [0.2, 0.25) is 0 Å². The number of phenols is 1. The zero-order valence-corrected chi connectivity index (χ0v) is 20.0. The summed E-state index contributed by atoms with van der Waals surface area (Å²) in [5, 5.41) is 10.5. The lowest BCUT2D eigenvalue weighted by Gasteiger charge is -2.17. The van der Waals surface area contributed by atoms with Crippen molar-refractivity contribution in [2.45, 2.75) is 143 Å². The molecule has 0 spiro atoms. The smallest absolute Gasteiger partial charge is 0.119 e. The normalized spacial score (nSPS) is 11.3. The number of hydrogen-bond donors (Lipinski definition) is 1. The molecule has 29 heavy (non-hydrogen) atoms. The van der Waals surface area contributed by atoms with E-state index in [0.717, 1.165) is 12.8 Å². The van der Waals surface area contributed by atoms with Crippen LogP contribution in [-0.4, -0.2) is 5.11 Å². The molecule has 168 valence electrons. The summed E-state index contributed by atoms with van der Waals surface area (Å²) in [4.78, 5) is 0. The van der Waals surface area contributed by atoms with Crippen LogP contribution in [-0.2, 0) is 19.3 Å². The Morgan fingerprint density at radius 1 is 0.483 bits per heavy atom. The molecule has 1 nitrogen and oxygen atoms in total. The van der Waals surface area contributed by atoms with E-state index in [0.29, 0.717) is 5.75 Å². The molecule has 0 saturated heterocycles. The third kappa shape index (κ3) is 11.7. The first-order valence-electron chi connectivity index (χ1n) is 13.1. The van der Waals surface area contributed by atoms with E-state index < -0.39 is 0 Å². The monoisotopic (exact) mass is 402 g/mol. The Morgan fingerprint density at radius 3 is 1.48 bits per heavy atom. The van der Waals surface area contributed by atoms with E-state index in [1.165, 1.54) is 126 Å². The Kier molecular flexibility index (Phi) is 16.0. The van der Waals surface area contributed by atoms with Gasteiger partial charge in [0.1, 0.15) is 5.75 Å². The van der Waals surface area contributed by atoms with Crippen LogP contribution in [0, 0.1) is 0 Å². The second-order valence-electron chi connectivity index (χ2n) is 9.05. The maximum atomic E-state index is 10.5. The quantitative estimate of drug-likeness (QED) is 0.228. The van der Waals surface area contributed by atoms with E-state index >= 15 is 0 Å². The van der Waals surface area contributed by atoms with Gasteiger partial charge in [-0.05, 0) is 61.3 Å². The van der Waals surface area contributed by atoms with Gasteiger partial charge in [-0.1, -0.05) is 110 Å². The van der Waals surface area contributed by atoms with Gasteiger partial charge in [-0.25, -0.2) is 0 Å². The number of aromatic hydroxyl groups is 1. The van der Waals surface area contributed by atoms with Crippen LogP contribution in [0.4, 0.5) is 0 Å². The number of benzene rings is 1. The fourth-order valence-electron chi connectivity index (χ4n) is 4.44. The highest BCUT2D eigenvalue weighted by molar-refractivity contribution is 5.45. The van der Waals surface area contributed by atoms with Gasteiger partial charge in [0.05, 0.1) is 0 Å². The van der Waals surface area contributed by atoms with Crippen LogP contribution in [0.1, 0.15) is 140 Å². The summed E-state index contributed by atoms with van der Waals surface area (Å²) in [6.07, 6.45) is 24.8. The SMILES string of the molecule is CCCCCCCCCc1ccc(O)c(CCCC)c1CCCCCCCCC. The highest BCUT2D eigenvalue weighted by Crippen LogP contribution is 2.29. The van der Waals surface area contributed by atoms with E-state index in [2.05, 4.69) is 26.8 Å². The van der Waals surface area contributed by atoms with Crippen LogP contribution < -0.4 is 0 Å². The Hall–Kier alpha value is -0.980. The van der Waals surface area contributed by atoms with Crippen LogP contribution in [0.5, 0.6) is 5.75 Å². The molecule has 0 bridgehead atoms. The molecule has 1 heteroatoms. The molecule has 0 heterocycles. The topological polar surface area (TPSA) is 20.2 Å². The van der Waals surface area contributed by atoms with Crippen LogP contribution in [0.15, 0.2) is 12.1 Å². The average molecular weight is 403 g/mol. The molecule has 0 saturated carbocycles. The van der Waals surface area contributed by atoms with Crippen molar-refractivity contribution in [2.75, 3.05) is 0 Å². The molecule has 0 unspecified atom stereocenters. The molecule has 0 radical (unpaired) electrons. The number of hydrogen-bond acceptors (Lipinski definition) is 1. The zero-order valence-electron chi connectivity index (χ0n) is 20.0. The molecule has 1 N–H and O–H groups in total. The van der Waals surface area contributed by atoms with Crippen molar-refractivity contribution >= 4 is 0 Å². The van der Waals surface area contributed by atoms with Crippen molar-refractivity contribution in [1.82, 2.24) is 0 Å². The third-order valence-corrected chi connectivity index (χ3v) is 6.36. The predicted molar refractivity (Wildman–Crippen MR) is 130 cm³/mol. The van der Waals surface area contributed by atoms with E-state index in [4.69, 9.17) is 0 Å². The van der Waals surface area contributed by atoms with Crippen molar-refractivity contribution in [3.05, 3.63) is 28.8 Å². The lowest BCUT2D eigenvalue weighted by Crippen LogP contribution is -2.02. The minimum absolute atomic E-state index is 0.541. The van der Waals surface area contributed by atoms with Gasteiger partial charge in [0.15, 0.2) is 0 Å². The highest BCUT2D eigenvalue weighted by Gasteiger charge is 2.13. The summed E-state index contributed by atoms with van der Waals surface area (Å²) in [6, 6.07) is 4.19. The third-order valence-electron chi connectivity index (χ3n) is 6.36. The summed E-state index contributed by atoms with van der Waals surface area (Å²) in [5.41, 5.74) is 4.28. The van der Waals surface area contributed by atoms with E-state index in [-0.39, 0.29) is 0 Å². The molecule has 0 aliphatic rings. The van der Waals surface area contributed by atoms with Crippen molar-refractivity contribution < 1.29 is 5.11 Å². The first-order chi connectivity index (χ1) is 14.2. The van der Waals surface area contributed by atoms with Crippen molar-refractivity contribution in [1.29, 1.82) is 0 Å². The lowest BCUT2D eigenvalue weighted by atomic mass is 9.89. The first-order valence-corrected chi connectivity index (χ1v) is 13.1. The van der Waals surface area contributed by atoms with Gasteiger partial charge >= 0.3 is 0 Å². The van der Waals surface area contributed by atoms with E-state index in [1.807, 2.05) is 6.07 Å². The molecular weight excluding hydrogens is 352 g/mol. The molecular formula is C28H50O. The molecule has 1 rings (SSSR count). The second kappa shape index (κ2) is 17.8. The van der Waals surface area contributed by atoms with Crippen LogP contribution in [0.25, 0.3) is 0 Å². The van der Waals surface area contributed by atoms with Crippen LogP contribution in [0.3, 0.4) is 0 Å². The minimum atomic E-state index is 0.541. The Bertz CT molecular complexity index is 505. The second-order valence-corrected chi connectivity index (χ2v) is 9.05. The Morgan fingerprint density at radius 2 is 0.931 bits per heavy atom. The van der Waals surface area contributed by atoms with Crippen molar-refractivity contribution in [3.8, 4) is 5.75 Å². The lowest BCUT2D eigenvalue weighted by molar-refractivity contribution is 0.464.